The van der Waals surface area contributed by atoms with Crippen LogP contribution in [0.5, 0.6) is 5.75 Å². The van der Waals surface area contributed by atoms with Crippen molar-refractivity contribution in [3.8, 4) is 5.75 Å². The second-order valence-corrected chi connectivity index (χ2v) is 9.93. The lowest BCUT2D eigenvalue weighted by Gasteiger charge is -2.28. The van der Waals surface area contributed by atoms with Crippen molar-refractivity contribution in [3.63, 3.8) is 0 Å². The van der Waals surface area contributed by atoms with Gasteiger partial charge < -0.3 is 37.0 Å². The molecule has 0 saturated heterocycles. The van der Waals surface area contributed by atoms with E-state index in [9.17, 15) is 34.2 Å². The maximum atomic E-state index is 13.5. The third-order valence-electron chi connectivity index (χ3n) is 6.70. The molecule has 0 radical (unpaired) electrons. The number of aliphatic carboxylic acids is 2. The van der Waals surface area contributed by atoms with E-state index in [1.807, 2.05) is 0 Å². The first-order chi connectivity index (χ1) is 19.4. The molecule has 0 aliphatic carbocycles. The van der Waals surface area contributed by atoms with Crippen LogP contribution in [-0.2, 0) is 36.8 Å². The first-order valence-electron chi connectivity index (χ1n) is 13.3. The maximum absolute atomic E-state index is 13.5. The second-order valence-electron chi connectivity index (χ2n) is 9.93. The van der Waals surface area contributed by atoms with Gasteiger partial charge >= 0.3 is 11.9 Å². The number of nitrogens with two attached hydrogens (primary N) is 1. The molecule has 0 aliphatic rings. The average Bonchev–Trinajstić information content (AvgIpc) is 2.94. The summed E-state index contributed by atoms with van der Waals surface area (Å²) in [4.78, 5) is 62.2. The Labute approximate surface area is 238 Å². The van der Waals surface area contributed by atoms with Gasteiger partial charge in [-0.15, -0.1) is 0 Å². The zero-order valence-electron chi connectivity index (χ0n) is 23.1. The Bertz CT molecular complexity index is 1190. The third-order valence-corrected chi connectivity index (χ3v) is 6.70. The van der Waals surface area contributed by atoms with E-state index in [1.165, 1.54) is 12.1 Å². The molecular formula is C29H38N4O8. The molecule has 12 nitrogen and oxygen atoms in total. The van der Waals surface area contributed by atoms with Crippen molar-refractivity contribution in [2.75, 3.05) is 0 Å². The number of aromatic hydroxyl groups is 1. The number of phenols is 1. The summed E-state index contributed by atoms with van der Waals surface area (Å²) in [6, 6.07) is 10.4. The van der Waals surface area contributed by atoms with Gasteiger partial charge in [0.2, 0.25) is 17.7 Å². The fraction of sp³-hybridized carbons (Fsp3) is 0.414. The van der Waals surface area contributed by atoms with Gasteiger partial charge in [0.1, 0.15) is 23.9 Å². The van der Waals surface area contributed by atoms with E-state index in [2.05, 4.69) is 16.0 Å². The van der Waals surface area contributed by atoms with Crippen LogP contribution in [0.15, 0.2) is 54.6 Å². The minimum atomic E-state index is -1.46. The van der Waals surface area contributed by atoms with Crippen LogP contribution in [0.25, 0.3) is 0 Å². The summed E-state index contributed by atoms with van der Waals surface area (Å²) >= 11 is 0. The number of carboxylic acid groups (broad SMARTS) is 2. The predicted octanol–water partition coefficient (Wildman–Crippen LogP) is 0.955. The summed E-state index contributed by atoms with van der Waals surface area (Å²) in [6.07, 6.45) is -0.0963. The van der Waals surface area contributed by atoms with Crippen LogP contribution in [-0.4, -0.2) is 69.1 Å². The summed E-state index contributed by atoms with van der Waals surface area (Å²) in [5, 5.41) is 35.5. The molecule has 12 heteroatoms. The van der Waals surface area contributed by atoms with Gasteiger partial charge in [-0.2, -0.15) is 0 Å². The highest BCUT2D eigenvalue weighted by Gasteiger charge is 2.33. The Kier molecular flexibility index (Phi) is 12.8. The molecule has 0 aliphatic heterocycles. The van der Waals surface area contributed by atoms with Crippen molar-refractivity contribution >= 4 is 29.7 Å². The lowest BCUT2D eigenvalue weighted by molar-refractivity contribution is -0.143. The number of nitrogens with one attached hydrogen (secondary N) is 3. The van der Waals surface area contributed by atoms with Crippen LogP contribution in [0.1, 0.15) is 44.2 Å². The molecule has 222 valence electrons. The van der Waals surface area contributed by atoms with Crippen LogP contribution in [0.4, 0.5) is 0 Å². The van der Waals surface area contributed by atoms with Gasteiger partial charge in [0.25, 0.3) is 0 Å². The summed E-state index contributed by atoms with van der Waals surface area (Å²) in [5.41, 5.74) is 7.56. The van der Waals surface area contributed by atoms with E-state index in [0.717, 1.165) is 5.56 Å². The van der Waals surface area contributed by atoms with Gasteiger partial charge in [-0.25, -0.2) is 4.79 Å². The number of hydrogen-bond donors (Lipinski definition) is 7. The highest BCUT2D eigenvalue weighted by Crippen LogP contribution is 2.13. The van der Waals surface area contributed by atoms with Crippen LogP contribution in [0.3, 0.4) is 0 Å². The van der Waals surface area contributed by atoms with Crippen LogP contribution >= 0.6 is 0 Å². The fourth-order valence-electron chi connectivity index (χ4n) is 4.06. The SMILES string of the molecule is CCC(C)C(NC(=O)C(Cc1ccccc1)NC(=O)C(N)Cc1ccc(O)cc1)C(=O)NC(CCC(=O)O)C(=O)O. The molecule has 5 atom stereocenters. The van der Waals surface area contributed by atoms with Crippen LogP contribution in [0, 0.1) is 5.92 Å². The number of amides is 3. The van der Waals surface area contributed by atoms with Gasteiger partial charge in [0, 0.05) is 12.8 Å². The highest BCUT2D eigenvalue weighted by atomic mass is 16.4. The van der Waals surface area contributed by atoms with Gasteiger partial charge in [-0.3, -0.25) is 19.2 Å². The van der Waals surface area contributed by atoms with E-state index < -0.39 is 66.2 Å². The Morgan fingerprint density at radius 2 is 1.37 bits per heavy atom. The van der Waals surface area contributed by atoms with Crippen molar-refractivity contribution < 1.29 is 39.3 Å². The molecule has 3 amide bonds. The number of phenolic OH excluding ortho intramolecular Hbond substituents is 1. The average molecular weight is 571 g/mol. The van der Waals surface area contributed by atoms with E-state index in [0.29, 0.717) is 12.0 Å². The Balaban J connectivity index is 2.22. The Morgan fingerprint density at radius 3 is 1.93 bits per heavy atom. The number of rotatable bonds is 16. The molecule has 0 saturated carbocycles. The monoisotopic (exact) mass is 570 g/mol. The minimum absolute atomic E-state index is 0.0721. The molecule has 0 bridgehead atoms. The Hall–Kier alpha value is -4.45. The smallest absolute Gasteiger partial charge is 0.326 e. The number of carbonyl (C=O) groups is 5. The quantitative estimate of drug-likeness (QED) is 0.153. The fourth-order valence-corrected chi connectivity index (χ4v) is 4.06. The van der Waals surface area contributed by atoms with Gasteiger partial charge in [-0.05, 0) is 42.0 Å². The largest absolute Gasteiger partial charge is 0.508 e. The molecule has 0 fully saturated rings. The van der Waals surface area contributed by atoms with E-state index in [-0.39, 0.29) is 25.0 Å². The molecule has 2 aromatic carbocycles. The minimum Gasteiger partial charge on any atom is -0.508 e. The van der Waals surface area contributed by atoms with Crippen molar-refractivity contribution in [1.82, 2.24) is 16.0 Å². The third kappa shape index (κ3) is 10.9. The van der Waals surface area contributed by atoms with Crippen molar-refractivity contribution in [2.24, 2.45) is 11.7 Å². The Morgan fingerprint density at radius 1 is 0.780 bits per heavy atom. The number of carboxylic acids is 2. The molecule has 2 aromatic rings. The topological polar surface area (TPSA) is 208 Å². The molecule has 0 aromatic heterocycles. The van der Waals surface area contributed by atoms with Crippen LogP contribution < -0.4 is 21.7 Å². The normalized spacial score (nSPS) is 14.5. The number of carbonyl (C=O) groups excluding carboxylic acids is 3. The zero-order chi connectivity index (χ0) is 30.5. The lowest BCUT2D eigenvalue weighted by Crippen LogP contribution is -2.59. The summed E-state index contributed by atoms with van der Waals surface area (Å²) < 4.78 is 0. The maximum Gasteiger partial charge on any atom is 0.326 e. The number of benzene rings is 2. The first kappa shape index (κ1) is 32.8. The molecule has 0 spiro atoms. The van der Waals surface area contributed by atoms with Crippen molar-refractivity contribution in [3.05, 3.63) is 65.7 Å². The van der Waals surface area contributed by atoms with E-state index in [4.69, 9.17) is 10.8 Å². The van der Waals surface area contributed by atoms with E-state index >= 15 is 0 Å². The van der Waals surface area contributed by atoms with Crippen molar-refractivity contribution in [1.29, 1.82) is 0 Å². The molecule has 8 N–H and O–H groups in total. The van der Waals surface area contributed by atoms with E-state index in [1.54, 1.807) is 56.3 Å². The second kappa shape index (κ2) is 16.0. The zero-order valence-corrected chi connectivity index (χ0v) is 23.1. The standard InChI is InChI=1S/C29H38N4O8/c1-3-17(2)25(28(39)31-22(29(40)41)13-14-24(35)36)33-27(38)23(16-18-7-5-4-6-8-18)32-26(37)21(30)15-19-9-11-20(34)12-10-19/h4-12,17,21-23,25,34H,3,13-16,30H2,1-2H3,(H,31,39)(H,32,37)(H,33,38)(H,35,36)(H,40,41). The lowest BCUT2D eigenvalue weighted by atomic mass is 9.96. The summed E-state index contributed by atoms with van der Waals surface area (Å²) in [6.45, 7) is 3.50. The summed E-state index contributed by atoms with van der Waals surface area (Å²) in [5.74, 6) is -5.00. The molecular weight excluding hydrogens is 532 g/mol. The van der Waals surface area contributed by atoms with Gasteiger partial charge in [0.05, 0.1) is 6.04 Å². The first-order valence-corrected chi connectivity index (χ1v) is 13.3. The molecule has 41 heavy (non-hydrogen) atoms. The molecule has 2 rings (SSSR count). The van der Waals surface area contributed by atoms with Crippen LogP contribution in [0.2, 0.25) is 0 Å². The highest BCUT2D eigenvalue weighted by molar-refractivity contribution is 5.94. The van der Waals surface area contributed by atoms with Crippen molar-refractivity contribution in [2.45, 2.75) is 70.1 Å². The van der Waals surface area contributed by atoms with Gasteiger partial charge in [-0.1, -0.05) is 62.7 Å². The molecule has 5 unspecified atom stereocenters. The summed E-state index contributed by atoms with van der Waals surface area (Å²) in [7, 11) is 0. The predicted molar refractivity (Wildman–Crippen MR) is 150 cm³/mol. The van der Waals surface area contributed by atoms with Gasteiger partial charge in [0.15, 0.2) is 0 Å². The molecule has 0 heterocycles. The number of hydrogen-bond acceptors (Lipinski definition) is 7.